The zero-order chi connectivity index (χ0) is 16.4. The lowest BCUT2D eigenvalue weighted by atomic mass is 10.0. The molecule has 1 aromatic heterocycles. The van der Waals surface area contributed by atoms with Gasteiger partial charge in [-0.15, -0.1) is 11.8 Å². The molecule has 0 saturated heterocycles. The predicted molar refractivity (Wildman–Crippen MR) is 90.6 cm³/mol. The second-order valence-electron chi connectivity index (χ2n) is 5.66. The fraction of sp³-hybridized carbons (Fsp3) is 0.412. The monoisotopic (exact) mass is 318 g/mol. The second kappa shape index (κ2) is 6.57. The first-order valence-electron chi connectivity index (χ1n) is 7.27. The van der Waals surface area contributed by atoms with Gasteiger partial charge in [-0.25, -0.2) is 0 Å². The minimum absolute atomic E-state index is 0.0729. The number of amides is 1. The maximum atomic E-state index is 12.3. The summed E-state index contributed by atoms with van der Waals surface area (Å²) in [6.07, 6.45) is 0. The molecule has 1 unspecified atom stereocenters. The molecule has 1 aromatic carbocycles. The molecule has 1 amide bonds. The Labute approximate surface area is 135 Å². The molecule has 2 rings (SSSR count). The fourth-order valence-corrected chi connectivity index (χ4v) is 3.44. The summed E-state index contributed by atoms with van der Waals surface area (Å²) in [6.45, 7) is 12.1. The molecule has 0 fully saturated rings. The summed E-state index contributed by atoms with van der Waals surface area (Å²) < 4.78 is 4.96. The summed E-state index contributed by atoms with van der Waals surface area (Å²) in [7, 11) is 0. The van der Waals surface area contributed by atoms with E-state index in [2.05, 4.69) is 44.2 Å². The van der Waals surface area contributed by atoms with E-state index in [1.54, 1.807) is 24.8 Å². The number of carbonyl (C=O) groups excluding carboxylic acids is 1. The number of thioether (sulfide) groups is 1. The van der Waals surface area contributed by atoms with E-state index in [-0.39, 0.29) is 11.2 Å². The van der Waals surface area contributed by atoms with Crippen LogP contribution in [0.3, 0.4) is 0 Å². The highest BCUT2D eigenvalue weighted by atomic mass is 32.2. The van der Waals surface area contributed by atoms with E-state index in [1.165, 1.54) is 27.1 Å². The van der Waals surface area contributed by atoms with Crippen LogP contribution in [0, 0.1) is 34.6 Å². The highest BCUT2D eigenvalue weighted by molar-refractivity contribution is 8.00. The van der Waals surface area contributed by atoms with Crippen LogP contribution >= 0.6 is 11.8 Å². The van der Waals surface area contributed by atoms with Gasteiger partial charge in [-0.3, -0.25) is 4.79 Å². The topological polar surface area (TPSA) is 55.1 Å². The standard InChI is InChI=1S/C17H22N2O2S/c1-9-7-10(2)13(5)16(12(9)4)22-14(6)17(20)18-15-8-11(3)21-19-15/h7-8,14H,1-6H3,(H,18,19,20). The quantitative estimate of drug-likeness (QED) is 0.852. The zero-order valence-electron chi connectivity index (χ0n) is 13.9. The van der Waals surface area contributed by atoms with Crippen LogP contribution in [-0.4, -0.2) is 16.3 Å². The lowest BCUT2D eigenvalue weighted by Gasteiger charge is -2.17. The van der Waals surface area contributed by atoms with Gasteiger partial charge in [0.25, 0.3) is 0 Å². The number of hydrogen-bond donors (Lipinski definition) is 1. The van der Waals surface area contributed by atoms with Gasteiger partial charge < -0.3 is 9.84 Å². The maximum Gasteiger partial charge on any atom is 0.238 e. The molecule has 1 atom stereocenters. The Kier molecular flexibility index (Phi) is 4.96. The van der Waals surface area contributed by atoms with Gasteiger partial charge in [-0.2, -0.15) is 0 Å². The van der Waals surface area contributed by atoms with Crippen LogP contribution in [0.25, 0.3) is 0 Å². The highest BCUT2D eigenvalue weighted by Gasteiger charge is 2.19. The van der Waals surface area contributed by atoms with Crippen molar-refractivity contribution in [1.29, 1.82) is 0 Å². The van der Waals surface area contributed by atoms with E-state index in [9.17, 15) is 4.79 Å². The molecular weight excluding hydrogens is 296 g/mol. The first-order valence-corrected chi connectivity index (χ1v) is 8.15. The van der Waals surface area contributed by atoms with E-state index in [4.69, 9.17) is 4.52 Å². The van der Waals surface area contributed by atoms with Gasteiger partial charge in [0.2, 0.25) is 5.91 Å². The Hall–Kier alpha value is -1.75. The van der Waals surface area contributed by atoms with Gasteiger partial charge in [-0.05, 0) is 63.8 Å². The van der Waals surface area contributed by atoms with E-state index < -0.39 is 0 Å². The third-order valence-corrected chi connectivity index (χ3v) is 5.26. The number of aromatic nitrogens is 1. The van der Waals surface area contributed by atoms with Gasteiger partial charge in [0.05, 0.1) is 5.25 Å². The Bertz CT molecular complexity index is 681. The number of rotatable bonds is 4. The molecule has 0 aliphatic heterocycles. The lowest BCUT2D eigenvalue weighted by molar-refractivity contribution is -0.115. The van der Waals surface area contributed by atoms with E-state index in [0.29, 0.717) is 11.6 Å². The Balaban J connectivity index is 2.15. The van der Waals surface area contributed by atoms with Gasteiger partial charge in [0.15, 0.2) is 5.82 Å². The molecule has 0 radical (unpaired) electrons. The van der Waals surface area contributed by atoms with Crippen molar-refractivity contribution in [3.05, 3.63) is 40.1 Å². The highest BCUT2D eigenvalue weighted by Crippen LogP contribution is 2.33. The lowest BCUT2D eigenvalue weighted by Crippen LogP contribution is -2.22. The van der Waals surface area contributed by atoms with Crippen LogP contribution in [-0.2, 0) is 4.79 Å². The predicted octanol–water partition coefficient (Wildman–Crippen LogP) is 4.34. The number of hydrogen-bond acceptors (Lipinski definition) is 4. The van der Waals surface area contributed by atoms with Crippen molar-refractivity contribution >= 4 is 23.5 Å². The summed E-state index contributed by atoms with van der Waals surface area (Å²) in [6, 6.07) is 3.90. The van der Waals surface area contributed by atoms with Crippen LogP contribution in [0.1, 0.15) is 34.9 Å². The number of nitrogens with zero attached hydrogens (tertiary/aromatic N) is 1. The molecule has 0 saturated carbocycles. The number of nitrogens with one attached hydrogen (secondary N) is 1. The molecule has 0 aliphatic carbocycles. The van der Waals surface area contributed by atoms with Crippen molar-refractivity contribution in [3.8, 4) is 0 Å². The number of carbonyl (C=O) groups is 1. The summed E-state index contributed by atoms with van der Waals surface area (Å²) in [5, 5.41) is 6.37. The molecule has 0 aliphatic rings. The molecule has 0 spiro atoms. The van der Waals surface area contributed by atoms with E-state index in [0.717, 1.165) is 0 Å². The first-order chi connectivity index (χ1) is 10.3. The smallest absolute Gasteiger partial charge is 0.238 e. The molecule has 118 valence electrons. The third-order valence-electron chi connectivity index (χ3n) is 3.84. The number of anilines is 1. The Morgan fingerprint density at radius 2 is 1.73 bits per heavy atom. The van der Waals surface area contributed by atoms with Crippen LogP contribution < -0.4 is 5.32 Å². The molecule has 2 aromatic rings. The van der Waals surface area contributed by atoms with Crippen LogP contribution in [0.5, 0.6) is 0 Å². The van der Waals surface area contributed by atoms with Crippen molar-refractivity contribution in [2.45, 2.75) is 51.7 Å². The largest absolute Gasteiger partial charge is 0.360 e. The zero-order valence-corrected chi connectivity index (χ0v) is 14.7. The second-order valence-corrected chi connectivity index (χ2v) is 7.01. The average molecular weight is 318 g/mol. The van der Waals surface area contributed by atoms with Gasteiger partial charge >= 0.3 is 0 Å². The molecular formula is C17H22N2O2S. The SMILES string of the molecule is Cc1cc(NC(=O)C(C)Sc2c(C)c(C)cc(C)c2C)no1. The Morgan fingerprint density at radius 1 is 1.14 bits per heavy atom. The third kappa shape index (κ3) is 3.53. The Morgan fingerprint density at radius 3 is 2.23 bits per heavy atom. The van der Waals surface area contributed by atoms with Crippen LogP contribution in [0.4, 0.5) is 5.82 Å². The summed E-state index contributed by atoms with van der Waals surface area (Å²) in [4.78, 5) is 13.5. The molecule has 4 nitrogen and oxygen atoms in total. The van der Waals surface area contributed by atoms with Crippen molar-refractivity contribution in [1.82, 2.24) is 5.16 Å². The average Bonchev–Trinajstić information content (AvgIpc) is 2.86. The molecule has 1 heterocycles. The summed E-state index contributed by atoms with van der Waals surface area (Å²) in [5.41, 5.74) is 4.99. The van der Waals surface area contributed by atoms with Gasteiger partial charge in [0, 0.05) is 11.0 Å². The minimum atomic E-state index is -0.212. The fourth-order valence-electron chi connectivity index (χ4n) is 2.24. The van der Waals surface area contributed by atoms with Gasteiger partial charge in [-0.1, -0.05) is 11.2 Å². The molecule has 5 heteroatoms. The molecule has 1 N–H and O–H groups in total. The molecule has 0 bridgehead atoms. The normalized spacial score (nSPS) is 12.3. The van der Waals surface area contributed by atoms with Crippen molar-refractivity contribution in [3.63, 3.8) is 0 Å². The number of aryl methyl sites for hydroxylation is 3. The van der Waals surface area contributed by atoms with Crippen molar-refractivity contribution < 1.29 is 9.32 Å². The van der Waals surface area contributed by atoms with E-state index in [1.807, 2.05) is 6.92 Å². The summed E-state index contributed by atoms with van der Waals surface area (Å²) >= 11 is 1.59. The number of benzene rings is 1. The van der Waals surface area contributed by atoms with E-state index >= 15 is 0 Å². The minimum Gasteiger partial charge on any atom is -0.360 e. The summed E-state index contributed by atoms with van der Waals surface area (Å²) in [5.74, 6) is 1.07. The first kappa shape index (κ1) is 16.6. The van der Waals surface area contributed by atoms with Crippen LogP contribution in [0.2, 0.25) is 0 Å². The van der Waals surface area contributed by atoms with Crippen LogP contribution in [0.15, 0.2) is 21.6 Å². The molecule has 22 heavy (non-hydrogen) atoms. The van der Waals surface area contributed by atoms with Gasteiger partial charge in [0.1, 0.15) is 5.76 Å². The van der Waals surface area contributed by atoms with Crippen molar-refractivity contribution in [2.24, 2.45) is 0 Å². The van der Waals surface area contributed by atoms with Crippen molar-refractivity contribution in [2.75, 3.05) is 5.32 Å². The maximum absolute atomic E-state index is 12.3.